The molecule has 2 aromatic carbocycles. The number of sulfonamides is 1. The maximum atomic E-state index is 14.1. The van der Waals surface area contributed by atoms with E-state index in [-0.39, 0.29) is 25.2 Å². The molecule has 2 N–H and O–H groups in total. The summed E-state index contributed by atoms with van der Waals surface area (Å²) in [5, 5.41) is 4.48. The van der Waals surface area contributed by atoms with Gasteiger partial charge in [-0.2, -0.15) is 4.31 Å². The molecule has 9 nitrogen and oxygen atoms in total. The number of carbonyl (C=O) groups excluding carboxylic acids is 3. The molecule has 0 aliphatic rings. The van der Waals surface area contributed by atoms with Crippen LogP contribution in [0.5, 0.6) is 0 Å². The predicted octanol–water partition coefficient (Wildman–Crippen LogP) is 2.04. The lowest BCUT2D eigenvalue weighted by Crippen LogP contribution is -2.41. The Morgan fingerprint density at radius 2 is 1.69 bits per heavy atom. The summed E-state index contributed by atoms with van der Waals surface area (Å²) in [6, 6.07) is 11.0. The maximum Gasteiger partial charge on any atom is 0.338 e. The molecular weight excluding hydrogens is 441 g/mol. The first-order chi connectivity index (χ1) is 15.2. The third-order valence-corrected chi connectivity index (χ3v) is 6.44. The Balaban J connectivity index is 1.95. The highest BCUT2D eigenvalue weighted by molar-refractivity contribution is 7.89. The van der Waals surface area contributed by atoms with Gasteiger partial charge in [-0.3, -0.25) is 10.1 Å². The summed E-state index contributed by atoms with van der Waals surface area (Å²) in [4.78, 5) is 35.1. The minimum Gasteiger partial charge on any atom is -0.452 e. The van der Waals surface area contributed by atoms with Crippen LogP contribution in [-0.2, 0) is 26.1 Å². The quantitative estimate of drug-likeness (QED) is 0.547. The van der Waals surface area contributed by atoms with Gasteiger partial charge in [0, 0.05) is 19.6 Å². The molecule has 0 heterocycles. The zero-order valence-corrected chi connectivity index (χ0v) is 18.4. The molecule has 0 aromatic heterocycles. The lowest BCUT2D eigenvalue weighted by molar-refractivity contribution is -0.123. The van der Waals surface area contributed by atoms with Crippen LogP contribution in [0, 0.1) is 5.82 Å². The van der Waals surface area contributed by atoms with Crippen LogP contribution in [-0.4, -0.2) is 50.3 Å². The van der Waals surface area contributed by atoms with E-state index in [9.17, 15) is 27.2 Å². The molecule has 0 fully saturated rings. The monoisotopic (exact) mass is 465 g/mol. The summed E-state index contributed by atoms with van der Waals surface area (Å²) in [5.41, 5.74) is 0.576. The van der Waals surface area contributed by atoms with Gasteiger partial charge < -0.3 is 10.1 Å². The fraction of sp³-hybridized carbons (Fsp3) is 0.286. The number of halogens is 1. The van der Waals surface area contributed by atoms with Crippen LogP contribution in [0.15, 0.2) is 53.4 Å². The molecule has 0 spiro atoms. The minimum atomic E-state index is -4.15. The van der Waals surface area contributed by atoms with E-state index in [2.05, 4.69) is 5.32 Å². The average Bonchev–Trinajstić information content (AvgIpc) is 2.77. The highest BCUT2D eigenvalue weighted by Gasteiger charge is 2.27. The number of imide groups is 1. The molecule has 0 bridgehead atoms. The Bertz CT molecular complexity index is 1070. The van der Waals surface area contributed by atoms with E-state index >= 15 is 0 Å². The Morgan fingerprint density at radius 1 is 1.03 bits per heavy atom. The molecule has 172 valence electrons. The molecule has 0 atom stereocenters. The number of rotatable bonds is 9. The SMILES string of the molecule is CCN(CC)S(=O)(=O)c1cc(C(=O)OCC(=O)NC(=O)NCc2ccccc2)ccc1F. The van der Waals surface area contributed by atoms with Gasteiger partial charge in [0.05, 0.1) is 5.56 Å². The molecule has 0 aliphatic heterocycles. The standard InChI is InChI=1S/C21H24FN3O6S/c1-3-25(4-2)32(29,30)18-12-16(10-11-17(18)22)20(27)31-14-19(26)24-21(28)23-13-15-8-6-5-7-9-15/h5-12H,3-4,13-14H2,1-2H3,(H2,23,24,26,28). The van der Waals surface area contributed by atoms with Crippen molar-refractivity contribution in [1.29, 1.82) is 0 Å². The molecule has 3 amide bonds. The fourth-order valence-corrected chi connectivity index (χ4v) is 4.28. The third kappa shape index (κ3) is 6.59. The van der Waals surface area contributed by atoms with Gasteiger partial charge in [0.2, 0.25) is 10.0 Å². The second kappa shape index (κ2) is 11.3. The van der Waals surface area contributed by atoms with Crippen molar-refractivity contribution in [1.82, 2.24) is 14.9 Å². The minimum absolute atomic E-state index is 0.124. The topological polar surface area (TPSA) is 122 Å². The largest absolute Gasteiger partial charge is 0.452 e. The van der Waals surface area contributed by atoms with Crippen LogP contribution in [0.4, 0.5) is 9.18 Å². The van der Waals surface area contributed by atoms with Crippen molar-refractivity contribution in [3.63, 3.8) is 0 Å². The van der Waals surface area contributed by atoms with E-state index in [0.717, 1.165) is 28.1 Å². The van der Waals surface area contributed by atoms with E-state index in [1.54, 1.807) is 38.1 Å². The lowest BCUT2D eigenvalue weighted by atomic mass is 10.2. The normalized spacial score (nSPS) is 11.1. The van der Waals surface area contributed by atoms with Crippen LogP contribution in [0.2, 0.25) is 0 Å². The van der Waals surface area contributed by atoms with Gasteiger partial charge >= 0.3 is 12.0 Å². The summed E-state index contributed by atoms with van der Waals surface area (Å²) >= 11 is 0. The number of nitrogens with one attached hydrogen (secondary N) is 2. The molecule has 0 saturated carbocycles. The molecule has 2 rings (SSSR count). The van der Waals surface area contributed by atoms with Crippen molar-refractivity contribution >= 4 is 27.9 Å². The van der Waals surface area contributed by atoms with E-state index in [1.807, 2.05) is 11.4 Å². The van der Waals surface area contributed by atoms with Crippen molar-refractivity contribution in [2.45, 2.75) is 25.3 Å². The van der Waals surface area contributed by atoms with Gasteiger partial charge in [-0.05, 0) is 23.8 Å². The fourth-order valence-electron chi connectivity index (χ4n) is 2.73. The molecule has 11 heteroatoms. The number of benzene rings is 2. The van der Waals surface area contributed by atoms with Gasteiger partial charge in [0.1, 0.15) is 10.7 Å². The first-order valence-electron chi connectivity index (χ1n) is 9.77. The van der Waals surface area contributed by atoms with Crippen LogP contribution >= 0.6 is 0 Å². The molecule has 32 heavy (non-hydrogen) atoms. The molecular formula is C21H24FN3O6S. The number of ether oxygens (including phenoxy) is 1. The van der Waals surface area contributed by atoms with E-state index in [1.165, 1.54) is 0 Å². The van der Waals surface area contributed by atoms with E-state index in [0.29, 0.717) is 0 Å². The van der Waals surface area contributed by atoms with Crippen LogP contribution in [0.25, 0.3) is 0 Å². The second-order valence-electron chi connectivity index (χ2n) is 6.53. The summed E-state index contributed by atoms with van der Waals surface area (Å²) in [6.45, 7) is 2.86. The van der Waals surface area contributed by atoms with Crippen LogP contribution in [0.1, 0.15) is 29.8 Å². The first-order valence-corrected chi connectivity index (χ1v) is 11.2. The number of urea groups is 1. The van der Waals surface area contributed by atoms with Crippen molar-refractivity contribution in [2.75, 3.05) is 19.7 Å². The van der Waals surface area contributed by atoms with Gasteiger partial charge in [0.15, 0.2) is 6.61 Å². The highest BCUT2D eigenvalue weighted by Crippen LogP contribution is 2.21. The smallest absolute Gasteiger partial charge is 0.338 e. The van der Waals surface area contributed by atoms with Gasteiger partial charge in [-0.25, -0.2) is 22.4 Å². The highest BCUT2D eigenvalue weighted by atomic mass is 32.2. The zero-order valence-electron chi connectivity index (χ0n) is 17.6. The maximum absolute atomic E-state index is 14.1. The van der Waals surface area contributed by atoms with Crippen molar-refractivity contribution in [3.05, 3.63) is 65.5 Å². The number of hydrogen-bond donors (Lipinski definition) is 2. The average molecular weight is 466 g/mol. The zero-order chi connectivity index (χ0) is 23.7. The van der Waals surface area contributed by atoms with Crippen molar-refractivity contribution in [2.24, 2.45) is 0 Å². The number of amides is 3. The third-order valence-electron chi connectivity index (χ3n) is 4.37. The summed E-state index contributed by atoms with van der Waals surface area (Å²) in [7, 11) is -4.15. The van der Waals surface area contributed by atoms with E-state index in [4.69, 9.17) is 4.74 Å². The van der Waals surface area contributed by atoms with Crippen LogP contribution in [0.3, 0.4) is 0 Å². The molecule has 0 saturated heterocycles. The van der Waals surface area contributed by atoms with Crippen molar-refractivity contribution < 1.29 is 31.9 Å². The Labute approximate surface area is 185 Å². The Hall–Kier alpha value is -3.31. The molecule has 0 radical (unpaired) electrons. The number of esters is 1. The summed E-state index contributed by atoms with van der Waals surface area (Å²) < 4.78 is 45.1. The molecule has 0 unspecified atom stereocenters. The number of hydrogen-bond acceptors (Lipinski definition) is 6. The number of nitrogens with zero attached hydrogens (tertiary/aromatic N) is 1. The second-order valence-corrected chi connectivity index (χ2v) is 8.43. The first kappa shape index (κ1) is 25.0. The van der Waals surface area contributed by atoms with Crippen LogP contribution < -0.4 is 10.6 Å². The van der Waals surface area contributed by atoms with Crippen molar-refractivity contribution in [3.8, 4) is 0 Å². The summed E-state index contributed by atoms with van der Waals surface area (Å²) in [6.07, 6.45) is 0. The lowest BCUT2D eigenvalue weighted by Gasteiger charge is -2.19. The van der Waals surface area contributed by atoms with E-state index < -0.39 is 45.3 Å². The predicted molar refractivity (Wildman–Crippen MR) is 114 cm³/mol. The molecule has 2 aromatic rings. The van der Waals surface area contributed by atoms with Gasteiger partial charge in [-0.15, -0.1) is 0 Å². The summed E-state index contributed by atoms with van der Waals surface area (Å²) in [5.74, 6) is -2.94. The number of carbonyl (C=O) groups is 3. The Morgan fingerprint density at radius 3 is 2.31 bits per heavy atom. The Kier molecular flexibility index (Phi) is 8.85. The van der Waals surface area contributed by atoms with Gasteiger partial charge in [0.25, 0.3) is 5.91 Å². The molecule has 0 aliphatic carbocycles. The van der Waals surface area contributed by atoms with Gasteiger partial charge in [-0.1, -0.05) is 44.2 Å².